The number of hydrogen-bond acceptors (Lipinski definition) is 3. The summed E-state index contributed by atoms with van der Waals surface area (Å²) in [5, 5.41) is 3.14. The molecule has 0 bridgehead atoms. The van der Waals surface area contributed by atoms with Crippen molar-refractivity contribution in [2.24, 2.45) is 17.6 Å². The van der Waals surface area contributed by atoms with Crippen LogP contribution in [0.25, 0.3) is 0 Å². The van der Waals surface area contributed by atoms with Crippen LogP contribution in [0.2, 0.25) is 0 Å². The molecule has 1 amide bonds. The zero-order chi connectivity index (χ0) is 12.3. The average Bonchev–Trinajstić information content (AvgIpc) is 2.82. The summed E-state index contributed by atoms with van der Waals surface area (Å²) < 4.78 is 5.35. The molecule has 1 saturated carbocycles. The summed E-state index contributed by atoms with van der Waals surface area (Å²) in [5.74, 6) is 0.805. The molecule has 0 radical (unpaired) electrons. The van der Waals surface area contributed by atoms with Crippen LogP contribution < -0.4 is 11.1 Å². The van der Waals surface area contributed by atoms with Gasteiger partial charge in [0.25, 0.3) is 0 Å². The fraction of sp³-hybridized carbons (Fsp3) is 0.923. The molecule has 2 aliphatic rings. The molecule has 98 valence electrons. The quantitative estimate of drug-likeness (QED) is 0.775. The Hall–Kier alpha value is -0.610. The van der Waals surface area contributed by atoms with E-state index in [0.717, 1.165) is 45.3 Å². The first-order chi connectivity index (χ1) is 8.16. The first-order valence-electron chi connectivity index (χ1n) is 6.80. The zero-order valence-electron chi connectivity index (χ0n) is 10.7. The molecule has 0 aromatic heterocycles. The van der Waals surface area contributed by atoms with Gasteiger partial charge in [-0.25, -0.2) is 0 Å². The van der Waals surface area contributed by atoms with Crippen molar-refractivity contribution in [1.29, 1.82) is 0 Å². The number of carbonyl (C=O) groups is 1. The average molecular weight is 240 g/mol. The lowest BCUT2D eigenvalue weighted by molar-refractivity contribution is -0.127. The minimum absolute atomic E-state index is 0.128. The molecule has 1 aliphatic carbocycles. The van der Waals surface area contributed by atoms with E-state index in [1.807, 2.05) is 0 Å². The second-order valence-electron chi connectivity index (χ2n) is 5.54. The smallest absolute Gasteiger partial charge is 0.223 e. The van der Waals surface area contributed by atoms with Gasteiger partial charge in [-0.05, 0) is 32.6 Å². The van der Waals surface area contributed by atoms with E-state index in [2.05, 4.69) is 12.2 Å². The summed E-state index contributed by atoms with van der Waals surface area (Å²) in [6, 6.07) is 0.438. The van der Waals surface area contributed by atoms with E-state index in [0.29, 0.717) is 5.92 Å². The third-order valence-corrected chi connectivity index (χ3v) is 4.13. The summed E-state index contributed by atoms with van der Waals surface area (Å²) >= 11 is 0. The van der Waals surface area contributed by atoms with Crippen molar-refractivity contribution in [2.45, 2.75) is 51.1 Å². The van der Waals surface area contributed by atoms with Crippen LogP contribution in [0, 0.1) is 11.8 Å². The fourth-order valence-corrected chi connectivity index (χ4v) is 2.87. The van der Waals surface area contributed by atoms with Crippen molar-refractivity contribution in [2.75, 3.05) is 13.2 Å². The third-order valence-electron chi connectivity index (χ3n) is 4.13. The molecule has 1 heterocycles. The topological polar surface area (TPSA) is 64.4 Å². The molecule has 0 aromatic rings. The second kappa shape index (κ2) is 5.83. The van der Waals surface area contributed by atoms with E-state index in [1.54, 1.807) is 0 Å². The monoisotopic (exact) mass is 240 g/mol. The number of rotatable bonds is 3. The highest BCUT2D eigenvalue weighted by Crippen LogP contribution is 2.24. The number of amides is 1. The summed E-state index contributed by atoms with van der Waals surface area (Å²) in [4.78, 5) is 12.1. The number of carbonyl (C=O) groups excluding carboxylic acids is 1. The van der Waals surface area contributed by atoms with Crippen molar-refractivity contribution < 1.29 is 9.53 Å². The molecule has 4 nitrogen and oxygen atoms in total. The Labute approximate surface area is 103 Å². The Morgan fingerprint density at radius 2 is 2.24 bits per heavy atom. The first-order valence-corrected chi connectivity index (χ1v) is 6.80. The Morgan fingerprint density at radius 1 is 1.41 bits per heavy atom. The minimum atomic E-state index is 0.128. The van der Waals surface area contributed by atoms with Crippen molar-refractivity contribution >= 4 is 5.91 Å². The van der Waals surface area contributed by atoms with Crippen molar-refractivity contribution in [3.8, 4) is 0 Å². The molecule has 4 unspecified atom stereocenters. The van der Waals surface area contributed by atoms with Crippen LogP contribution >= 0.6 is 0 Å². The fourth-order valence-electron chi connectivity index (χ4n) is 2.87. The predicted molar refractivity (Wildman–Crippen MR) is 66.5 cm³/mol. The van der Waals surface area contributed by atoms with Crippen LogP contribution in [-0.2, 0) is 9.53 Å². The molecule has 0 spiro atoms. The van der Waals surface area contributed by atoms with Gasteiger partial charge in [-0.15, -0.1) is 0 Å². The van der Waals surface area contributed by atoms with Gasteiger partial charge in [-0.3, -0.25) is 4.79 Å². The summed E-state index contributed by atoms with van der Waals surface area (Å²) in [6.07, 6.45) is 5.05. The molecule has 2 fully saturated rings. The molecule has 4 atom stereocenters. The Balaban J connectivity index is 1.79. The van der Waals surface area contributed by atoms with Gasteiger partial charge in [-0.1, -0.05) is 6.42 Å². The summed E-state index contributed by atoms with van der Waals surface area (Å²) in [7, 11) is 0. The molecule has 0 aromatic carbocycles. The van der Waals surface area contributed by atoms with Gasteiger partial charge < -0.3 is 15.8 Å². The molecule has 2 rings (SSSR count). The molecule has 1 aliphatic heterocycles. The van der Waals surface area contributed by atoms with Crippen molar-refractivity contribution in [1.82, 2.24) is 5.32 Å². The summed E-state index contributed by atoms with van der Waals surface area (Å²) in [6.45, 7) is 3.70. The Kier molecular flexibility index (Phi) is 4.40. The highest BCUT2D eigenvalue weighted by molar-refractivity contribution is 5.79. The van der Waals surface area contributed by atoms with Gasteiger partial charge in [0, 0.05) is 30.5 Å². The molecule has 4 heteroatoms. The van der Waals surface area contributed by atoms with Gasteiger partial charge in [-0.2, -0.15) is 0 Å². The Bertz CT molecular complexity index is 264. The highest BCUT2D eigenvalue weighted by atomic mass is 16.5. The maximum absolute atomic E-state index is 12.1. The van der Waals surface area contributed by atoms with E-state index in [4.69, 9.17) is 10.5 Å². The normalized spacial score (nSPS) is 35.5. The van der Waals surface area contributed by atoms with Crippen LogP contribution in [-0.4, -0.2) is 31.2 Å². The maximum atomic E-state index is 12.1. The minimum Gasteiger partial charge on any atom is -0.381 e. The predicted octanol–water partition coefficient (Wildman–Crippen LogP) is 1.05. The first kappa shape index (κ1) is 12.8. The van der Waals surface area contributed by atoms with Gasteiger partial charge in [0.1, 0.15) is 0 Å². The van der Waals surface area contributed by atoms with Crippen LogP contribution in [0.5, 0.6) is 0 Å². The highest BCUT2D eigenvalue weighted by Gasteiger charge is 2.29. The van der Waals surface area contributed by atoms with E-state index in [9.17, 15) is 4.79 Å². The van der Waals surface area contributed by atoms with Crippen LogP contribution in [0.15, 0.2) is 0 Å². The number of hydrogen-bond donors (Lipinski definition) is 2. The molecule has 17 heavy (non-hydrogen) atoms. The lowest BCUT2D eigenvalue weighted by atomic mass is 9.85. The standard InChI is InChI=1S/C13H24N2O2/c1-9(11-5-6-17-8-11)15-13(16)10-3-2-4-12(14)7-10/h9-12H,2-8,14H2,1H3,(H,15,16). The van der Waals surface area contributed by atoms with E-state index < -0.39 is 0 Å². The van der Waals surface area contributed by atoms with Crippen molar-refractivity contribution in [3.63, 3.8) is 0 Å². The summed E-state index contributed by atoms with van der Waals surface area (Å²) in [5.41, 5.74) is 5.92. The van der Waals surface area contributed by atoms with E-state index in [-0.39, 0.29) is 23.9 Å². The van der Waals surface area contributed by atoms with Crippen LogP contribution in [0.4, 0.5) is 0 Å². The molecule has 1 saturated heterocycles. The molecular weight excluding hydrogens is 216 g/mol. The van der Waals surface area contributed by atoms with E-state index >= 15 is 0 Å². The van der Waals surface area contributed by atoms with Gasteiger partial charge in [0.2, 0.25) is 5.91 Å². The Morgan fingerprint density at radius 3 is 2.88 bits per heavy atom. The maximum Gasteiger partial charge on any atom is 0.223 e. The number of nitrogens with one attached hydrogen (secondary N) is 1. The largest absolute Gasteiger partial charge is 0.381 e. The third kappa shape index (κ3) is 3.42. The lowest BCUT2D eigenvalue weighted by Crippen LogP contribution is -2.44. The number of ether oxygens (including phenoxy) is 1. The van der Waals surface area contributed by atoms with E-state index in [1.165, 1.54) is 0 Å². The van der Waals surface area contributed by atoms with Crippen LogP contribution in [0.1, 0.15) is 39.0 Å². The van der Waals surface area contributed by atoms with Gasteiger partial charge in [0.05, 0.1) is 6.61 Å². The number of nitrogens with two attached hydrogens (primary N) is 1. The zero-order valence-corrected chi connectivity index (χ0v) is 10.7. The van der Waals surface area contributed by atoms with Gasteiger partial charge >= 0.3 is 0 Å². The second-order valence-corrected chi connectivity index (χ2v) is 5.54. The molecular formula is C13H24N2O2. The molecule has 3 N–H and O–H groups in total. The SMILES string of the molecule is CC(NC(=O)C1CCCC(N)C1)C1CCOC1. The van der Waals surface area contributed by atoms with Crippen LogP contribution in [0.3, 0.4) is 0 Å². The lowest BCUT2D eigenvalue weighted by Gasteiger charge is -2.28. The van der Waals surface area contributed by atoms with Crippen molar-refractivity contribution in [3.05, 3.63) is 0 Å². The van der Waals surface area contributed by atoms with Gasteiger partial charge in [0.15, 0.2) is 0 Å².